The summed E-state index contributed by atoms with van der Waals surface area (Å²) in [7, 11) is 0. The van der Waals surface area contributed by atoms with Gasteiger partial charge in [-0.1, -0.05) is 42.5 Å². The molecule has 0 aromatic heterocycles. The average molecular weight is 600 g/mol. The number of benzene rings is 4. The van der Waals surface area contributed by atoms with Crippen LogP contribution in [0.4, 0.5) is 17.1 Å². The number of nitrogens with zero attached hydrogens (tertiary/aromatic N) is 3. The number of anilines is 1. The number of hydrazone groups is 1. The van der Waals surface area contributed by atoms with Crippen molar-refractivity contribution in [3.05, 3.63) is 113 Å². The van der Waals surface area contributed by atoms with Crippen molar-refractivity contribution in [3.63, 3.8) is 0 Å². The third-order valence-corrected chi connectivity index (χ3v) is 6.24. The molecule has 0 heterocycles. The standard InChI is InChI=1S/C24H16Br2N4O5/c25-20-10-15(13-27-28-22-9-8-18(29(31)32)12-23(22)30(33)34)11-21(26)24(20)35-14-17-6-3-5-16-4-1-2-7-19(16)17/h1-13,28H,14H2/b27-13-. The molecule has 0 aliphatic carbocycles. The second-order valence-electron chi connectivity index (χ2n) is 7.33. The molecular weight excluding hydrogens is 584 g/mol. The summed E-state index contributed by atoms with van der Waals surface area (Å²) in [4.78, 5) is 20.7. The molecular formula is C24H16Br2N4O5. The Morgan fingerprint density at radius 3 is 2.34 bits per heavy atom. The number of nitrogens with one attached hydrogen (secondary N) is 1. The Morgan fingerprint density at radius 2 is 1.63 bits per heavy atom. The Morgan fingerprint density at radius 1 is 0.914 bits per heavy atom. The summed E-state index contributed by atoms with van der Waals surface area (Å²) in [5.41, 5.74) is 3.51. The Kier molecular flexibility index (Phi) is 7.37. The smallest absolute Gasteiger partial charge is 0.301 e. The van der Waals surface area contributed by atoms with Crippen LogP contribution < -0.4 is 10.2 Å². The van der Waals surface area contributed by atoms with E-state index in [1.165, 1.54) is 18.3 Å². The summed E-state index contributed by atoms with van der Waals surface area (Å²) >= 11 is 7.04. The monoisotopic (exact) mass is 598 g/mol. The number of hydrogen-bond donors (Lipinski definition) is 1. The molecule has 1 N–H and O–H groups in total. The fourth-order valence-corrected chi connectivity index (χ4v) is 4.87. The summed E-state index contributed by atoms with van der Waals surface area (Å²) < 4.78 is 7.46. The van der Waals surface area contributed by atoms with Crippen LogP contribution in [0.2, 0.25) is 0 Å². The third kappa shape index (κ3) is 5.64. The van der Waals surface area contributed by atoms with Crippen LogP contribution in [0.3, 0.4) is 0 Å². The van der Waals surface area contributed by atoms with E-state index in [4.69, 9.17) is 4.74 Å². The van der Waals surface area contributed by atoms with E-state index in [9.17, 15) is 20.2 Å². The van der Waals surface area contributed by atoms with Gasteiger partial charge < -0.3 is 4.74 Å². The molecule has 0 spiro atoms. The second kappa shape index (κ2) is 10.6. The van der Waals surface area contributed by atoms with Crippen LogP contribution >= 0.6 is 31.9 Å². The third-order valence-electron chi connectivity index (χ3n) is 5.06. The number of rotatable bonds is 8. The van der Waals surface area contributed by atoms with Gasteiger partial charge in [0, 0.05) is 6.07 Å². The number of halogens is 2. The van der Waals surface area contributed by atoms with Crippen molar-refractivity contribution >= 4 is 65.9 Å². The van der Waals surface area contributed by atoms with Crippen molar-refractivity contribution in [2.45, 2.75) is 6.61 Å². The van der Waals surface area contributed by atoms with Gasteiger partial charge in [-0.2, -0.15) is 5.10 Å². The first-order valence-corrected chi connectivity index (χ1v) is 11.7. The minimum Gasteiger partial charge on any atom is -0.487 e. The number of ether oxygens (including phenoxy) is 1. The zero-order valence-corrected chi connectivity index (χ0v) is 21.0. The lowest BCUT2D eigenvalue weighted by molar-refractivity contribution is -0.393. The largest absolute Gasteiger partial charge is 0.487 e. The molecule has 0 amide bonds. The molecule has 0 atom stereocenters. The van der Waals surface area contributed by atoms with E-state index in [0.717, 1.165) is 22.4 Å². The lowest BCUT2D eigenvalue weighted by atomic mass is 10.1. The Hall–Kier alpha value is -3.83. The van der Waals surface area contributed by atoms with E-state index in [2.05, 4.69) is 60.6 Å². The van der Waals surface area contributed by atoms with Gasteiger partial charge in [-0.15, -0.1) is 0 Å². The molecule has 0 saturated carbocycles. The fourth-order valence-electron chi connectivity index (χ4n) is 3.42. The minimum atomic E-state index is -0.708. The minimum absolute atomic E-state index is 0.0324. The van der Waals surface area contributed by atoms with E-state index in [1.807, 2.05) is 24.3 Å². The van der Waals surface area contributed by atoms with Gasteiger partial charge >= 0.3 is 5.69 Å². The van der Waals surface area contributed by atoms with E-state index in [1.54, 1.807) is 12.1 Å². The van der Waals surface area contributed by atoms with Crippen molar-refractivity contribution in [3.8, 4) is 5.75 Å². The van der Waals surface area contributed by atoms with Crippen molar-refractivity contribution in [1.29, 1.82) is 0 Å². The highest BCUT2D eigenvalue weighted by Crippen LogP contribution is 2.35. The molecule has 0 aliphatic rings. The number of fused-ring (bicyclic) bond motifs is 1. The Balaban J connectivity index is 1.49. The normalized spacial score (nSPS) is 11.0. The fraction of sp³-hybridized carbons (Fsp3) is 0.0417. The Bertz CT molecular complexity index is 1450. The number of hydrogen-bond acceptors (Lipinski definition) is 7. The maximum Gasteiger partial charge on any atom is 0.301 e. The molecule has 9 nitrogen and oxygen atoms in total. The molecule has 4 aromatic carbocycles. The van der Waals surface area contributed by atoms with Gasteiger partial charge in [0.1, 0.15) is 18.0 Å². The van der Waals surface area contributed by atoms with Gasteiger partial charge in [0.2, 0.25) is 0 Å². The topological polar surface area (TPSA) is 120 Å². The van der Waals surface area contributed by atoms with Gasteiger partial charge in [0.05, 0.1) is 31.1 Å². The number of nitro benzene ring substituents is 2. The maximum atomic E-state index is 11.3. The molecule has 0 saturated heterocycles. The van der Waals surface area contributed by atoms with Gasteiger partial charge in [0.25, 0.3) is 5.69 Å². The molecule has 176 valence electrons. The number of non-ortho nitro benzene ring substituents is 1. The molecule has 4 rings (SSSR count). The molecule has 0 aliphatic heterocycles. The summed E-state index contributed by atoms with van der Waals surface area (Å²) in [6.45, 7) is 0.372. The number of nitro groups is 2. The molecule has 35 heavy (non-hydrogen) atoms. The molecule has 0 bridgehead atoms. The summed E-state index contributed by atoms with van der Waals surface area (Å²) in [6.07, 6.45) is 1.47. The van der Waals surface area contributed by atoms with Gasteiger partial charge in [-0.3, -0.25) is 25.7 Å². The Labute approximate surface area is 216 Å². The first-order chi connectivity index (χ1) is 16.8. The van der Waals surface area contributed by atoms with Crippen LogP contribution in [0.5, 0.6) is 5.75 Å². The van der Waals surface area contributed by atoms with E-state index >= 15 is 0 Å². The van der Waals surface area contributed by atoms with Crippen LogP contribution in [-0.2, 0) is 6.61 Å². The zero-order chi connectivity index (χ0) is 24.9. The predicted molar refractivity (Wildman–Crippen MR) is 141 cm³/mol. The first kappa shape index (κ1) is 24.3. The quantitative estimate of drug-likeness (QED) is 0.130. The van der Waals surface area contributed by atoms with E-state index in [-0.39, 0.29) is 11.4 Å². The summed E-state index contributed by atoms with van der Waals surface area (Å²) in [5, 5.41) is 28.4. The highest BCUT2D eigenvalue weighted by atomic mass is 79.9. The van der Waals surface area contributed by atoms with Crippen LogP contribution in [0.1, 0.15) is 11.1 Å². The summed E-state index contributed by atoms with van der Waals surface area (Å²) in [6, 6.07) is 21.0. The molecule has 11 heteroatoms. The van der Waals surface area contributed by atoms with Gasteiger partial charge in [-0.05, 0) is 72.0 Å². The van der Waals surface area contributed by atoms with Gasteiger partial charge in [0.15, 0.2) is 0 Å². The predicted octanol–water partition coefficient (Wildman–Crippen LogP) is 7.21. The first-order valence-electron chi connectivity index (χ1n) is 10.1. The molecule has 0 unspecified atom stereocenters. The lowest BCUT2D eigenvalue weighted by Crippen LogP contribution is -2.00. The van der Waals surface area contributed by atoms with Crippen LogP contribution in [0.25, 0.3) is 10.8 Å². The lowest BCUT2D eigenvalue weighted by Gasteiger charge is -2.13. The van der Waals surface area contributed by atoms with E-state index < -0.39 is 15.5 Å². The second-order valence-corrected chi connectivity index (χ2v) is 9.03. The average Bonchev–Trinajstić information content (AvgIpc) is 2.83. The summed E-state index contributed by atoms with van der Waals surface area (Å²) in [5.74, 6) is 0.619. The van der Waals surface area contributed by atoms with Gasteiger partial charge in [-0.25, -0.2) is 0 Å². The zero-order valence-electron chi connectivity index (χ0n) is 17.9. The van der Waals surface area contributed by atoms with Crippen molar-refractivity contribution in [2.24, 2.45) is 5.10 Å². The van der Waals surface area contributed by atoms with Crippen molar-refractivity contribution < 1.29 is 14.6 Å². The van der Waals surface area contributed by atoms with Crippen LogP contribution in [0, 0.1) is 20.2 Å². The van der Waals surface area contributed by atoms with Crippen LogP contribution in [0.15, 0.2) is 86.8 Å². The molecule has 4 aromatic rings. The molecule has 0 fully saturated rings. The van der Waals surface area contributed by atoms with Crippen molar-refractivity contribution in [2.75, 3.05) is 5.43 Å². The SMILES string of the molecule is O=[N+]([O-])c1ccc(N/N=C\c2cc(Br)c(OCc3cccc4ccccc34)c(Br)c2)c([N+](=O)[O-])c1. The highest BCUT2D eigenvalue weighted by Gasteiger charge is 2.19. The van der Waals surface area contributed by atoms with E-state index in [0.29, 0.717) is 26.9 Å². The molecule has 0 radical (unpaired) electrons. The highest BCUT2D eigenvalue weighted by molar-refractivity contribution is 9.11. The maximum absolute atomic E-state index is 11.3. The van der Waals surface area contributed by atoms with Crippen molar-refractivity contribution in [1.82, 2.24) is 0 Å². The van der Waals surface area contributed by atoms with Crippen LogP contribution in [-0.4, -0.2) is 16.1 Å².